The van der Waals surface area contributed by atoms with Crippen LogP contribution in [0.15, 0.2) is 36.8 Å². The third kappa shape index (κ3) is 2.26. The third-order valence-corrected chi connectivity index (χ3v) is 3.00. The molecular formula is C13H15N5. The van der Waals surface area contributed by atoms with E-state index < -0.39 is 0 Å². The molecule has 2 aromatic heterocycles. The van der Waals surface area contributed by atoms with Crippen LogP contribution in [0, 0.1) is 0 Å². The predicted molar refractivity (Wildman–Crippen MR) is 70.1 cm³/mol. The van der Waals surface area contributed by atoms with Crippen molar-refractivity contribution in [2.75, 3.05) is 6.54 Å². The van der Waals surface area contributed by atoms with E-state index in [4.69, 9.17) is 0 Å². The first-order chi connectivity index (χ1) is 8.93. The Morgan fingerprint density at radius 3 is 3.11 bits per heavy atom. The number of hydrogen-bond acceptors (Lipinski definition) is 3. The van der Waals surface area contributed by atoms with Crippen molar-refractivity contribution in [3.8, 4) is 0 Å². The largest absolute Gasteiger partial charge is 0.361 e. The molecule has 0 saturated carbocycles. The average molecular weight is 241 g/mol. The Bertz CT molecular complexity index is 611. The summed E-state index contributed by atoms with van der Waals surface area (Å²) in [4.78, 5) is 7.31. The van der Waals surface area contributed by atoms with Crippen molar-refractivity contribution in [1.82, 2.24) is 25.5 Å². The van der Waals surface area contributed by atoms with Gasteiger partial charge in [-0.05, 0) is 17.7 Å². The van der Waals surface area contributed by atoms with Gasteiger partial charge in [0.1, 0.15) is 12.2 Å². The monoisotopic (exact) mass is 241 g/mol. The Kier molecular flexibility index (Phi) is 3.06. The highest BCUT2D eigenvalue weighted by Gasteiger charge is 2.01. The van der Waals surface area contributed by atoms with Gasteiger partial charge in [0.15, 0.2) is 0 Å². The van der Waals surface area contributed by atoms with Crippen molar-refractivity contribution < 1.29 is 0 Å². The van der Waals surface area contributed by atoms with Crippen LogP contribution >= 0.6 is 0 Å². The van der Waals surface area contributed by atoms with E-state index in [0.717, 1.165) is 25.3 Å². The fourth-order valence-electron chi connectivity index (χ4n) is 2.09. The van der Waals surface area contributed by atoms with Crippen molar-refractivity contribution in [2.45, 2.75) is 13.0 Å². The molecule has 2 heterocycles. The minimum Gasteiger partial charge on any atom is -0.361 e. The lowest BCUT2D eigenvalue weighted by atomic mass is 10.1. The summed E-state index contributed by atoms with van der Waals surface area (Å²) in [6.45, 7) is 1.75. The number of nitrogens with one attached hydrogen (secondary N) is 3. The summed E-state index contributed by atoms with van der Waals surface area (Å²) < 4.78 is 0. The minimum absolute atomic E-state index is 0.864. The highest BCUT2D eigenvalue weighted by Crippen LogP contribution is 2.16. The number of fused-ring (bicyclic) bond motifs is 1. The number of aromatic amines is 2. The predicted octanol–water partition coefficient (Wildman–Crippen LogP) is 1.62. The van der Waals surface area contributed by atoms with Crippen LogP contribution in [0.2, 0.25) is 0 Å². The van der Waals surface area contributed by atoms with E-state index in [-0.39, 0.29) is 0 Å². The average Bonchev–Trinajstić information content (AvgIpc) is 3.05. The highest BCUT2D eigenvalue weighted by molar-refractivity contribution is 5.82. The Balaban J connectivity index is 1.58. The summed E-state index contributed by atoms with van der Waals surface area (Å²) in [6.07, 6.45) is 4.38. The van der Waals surface area contributed by atoms with E-state index >= 15 is 0 Å². The molecule has 5 nitrogen and oxygen atoms in total. The van der Waals surface area contributed by atoms with Crippen LogP contribution in [0.4, 0.5) is 0 Å². The minimum atomic E-state index is 0.864. The molecule has 0 amide bonds. The lowest BCUT2D eigenvalue weighted by Crippen LogP contribution is -2.17. The maximum atomic E-state index is 4.09. The normalized spacial score (nSPS) is 11.1. The number of nitrogens with zero attached hydrogens (tertiary/aromatic N) is 2. The molecule has 3 N–H and O–H groups in total. The first-order valence-electron chi connectivity index (χ1n) is 6.03. The van der Waals surface area contributed by atoms with Crippen LogP contribution in [0.1, 0.15) is 11.4 Å². The molecule has 0 spiro atoms. The molecule has 0 atom stereocenters. The molecule has 0 unspecified atom stereocenters. The van der Waals surface area contributed by atoms with E-state index in [1.54, 1.807) is 0 Å². The first kappa shape index (κ1) is 11.0. The lowest BCUT2D eigenvalue weighted by Gasteiger charge is -2.05. The molecule has 0 fully saturated rings. The molecule has 5 heteroatoms. The second-order valence-corrected chi connectivity index (χ2v) is 4.21. The Hall–Kier alpha value is -2.14. The van der Waals surface area contributed by atoms with Gasteiger partial charge in [-0.25, -0.2) is 4.98 Å². The van der Waals surface area contributed by atoms with Crippen LogP contribution in [0.25, 0.3) is 10.9 Å². The Labute approximate surface area is 105 Å². The van der Waals surface area contributed by atoms with Gasteiger partial charge in [0.25, 0.3) is 0 Å². The molecule has 1 aromatic carbocycles. The van der Waals surface area contributed by atoms with E-state index in [1.807, 2.05) is 6.20 Å². The van der Waals surface area contributed by atoms with Crippen LogP contribution in [-0.4, -0.2) is 26.7 Å². The maximum Gasteiger partial charge on any atom is 0.137 e. The summed E-state index contributed by atoms with van der Waals surface area (Å²) >= 11 is 0. The second-order valence-electron chi connectivity index (χ2n) is 4.21. The Morgan fingerprint density at radius 2 is 2.22 bits per heavy atom. The molecule has 92 valence electrons. The molecule has 18 heavy (non-hydrogen) atoms. The van der Waals surface area contributed by atoms with Crippen LogP contribution in [-0.2, 0) is 13.0 Å². The quantitative estimate of drug-likeness (QED) is 0.594. The van der Waals surface area contributed by atoms with Gasteiger partial charge in [0.2, 0.25) is 0 Å². The first-order valence-corrected chi connectivity index (χ1v) is 6.03. The van der Waals surface area contributed by atoms with Crippen molar-refractivity contribution in [2.24, 2.45) is 0 Å². The van der Waals surface area contributed by atoms with E-state index in [1.165, 1.54) is 22.8 Å². The molecule has 0 saturated heterocycles. The van der Waals surface area contributed by atoms with Crippen LogP contribution in [0.5, 0.6) is 0 Å². The van der Waals surface area contributed by atoms with E-state index in [2.05, 4.69) is 49.7 Å². The third-order valence-electron chi connectivity index (χ3n) is 3.00. The van der Waals surface area contributed by atoms with E-state index in [9.17, 15) is 0 Å². The molecule has 0 aliphatic carbocycles. The highest BCUT2D eigenvalue weighted by atomic mass is 15.2. The van der Waals surface area contributed by atoms with Gasteiger partial charge >= 0.3 is 0 Å². The van der Waals surface area contributed by atoms with Crippen molar-refractivity contribution >= 4 is 10.9 Å². The summed E-state index contributed by atoms with van der Waals surface area (Å²) in [5.41, 5.74) is 2.50. The molecule has 0 radical (unpaired) electrons. The number of H-pyrrole nitrogens is 2. The molecule has 0 aliphatic rings. The zero-order valence-corrected chi connectivity index (χ0v) is 9.98. The Morgan fingerprint density at radius 1 is 1.22 bits per heavy atom. The molecule has 0 aliphatic heterocycles. The zero-order chi connectivity index (χ0) is 12.2. The topological polar surface area (TPSA) is 69.4 Å². The van der Waals surface area contributed by atoms with Crippen molar-refractivity contribution in [3.63, 3.8) is 0 Å². The van der Waals surface area contributed by atoms with Crippen LogP contribution < -0.4 is 5.32 Å². The SMILES string of the molecule is c1cc(CNCCc2ncn[nH]2)c2cc[nH]c2c1. The van der Waals surface area contributed by atoms with Gasteiger partial charge in [0, 0.05) is 36.6 Å². The van der Waals surface area contributed by atoms with Crippen molar-refractivity contribution in [1.29, 1.82) is 0 Å². The zero-order valence-electron chi connectivity index (χ0n) is 9.98. The standard InChI is InChI=1S/C13H15N5/c1-2-10(11-4-7-15-12(11)3-1)8-14-6-5-13-16-9-17-18-13/h1-4,7,9,14-15H,5-6,8H2,(H,16,17,18). The molecule has 3 rings (SSSR count). The summed E-state index contributed by atoms with van der Waals surface area (Å²) in [5, 5.41) is 11.4. The second kappa shape index (κ2) is 5.01. The van der Waals surface area contributed by atoms with Crippen LogP contribution in [0.3, 0.4) is 0 Å². The van der Waals surface area contributed by atoms with Gasteiger partial charge in [-0.15, -0.1) is 0 Å². The van der Waals surface area contributed by atoms with Gasteiger partial charge < -0.3 is 10.3 Å². The van der Waals surface area contributed by atoms with Gasteiger partial charge in [-0.1, -0.05) is 12.1 Å². The molecule has 0 bridgehead atoms. The smallest absolute Gasteiger partial charge is 0.137 e. The summed E-state index contributed by atoms with van der Waals surface area (Å²) in [7, 11) is 0. The molecular weight excluding hydrogens is 226 g/mol. The fourth-order valence-corrected chi connectivity index (χ4v) is 2.09. The number of rotatable bonds is 5. The van der Waals surface area contributed by atoms with Gasteiger partial charge in [-0.3, -0.25) is 5.10 Å². The number of benzene rings is 1. The number of aromatic nitrogens is 4. The van der Waals surface area contributed by atoms with E-state index in [0.29, 0.717) is 0 Å². The van der Waals surface area contributed by atoms with Crippen molar-refractivity contribution in [3.05, 3.63) is 48.2 Å². The van der Waals surface area contributed by atoms with Gasteiger partial charge in [0.05, 0.1) is 0 Å². The fraction of sp³-hybridized carbons (Fsp3) is 0.231. The number of hydrogen-bond donors (Lipinski definition) is 3. The molecule has 3 aromatic rings. The summed E-state index contributed by atoms with van der Waals surface area (Å²) in [5.74, 6) is 0.919. The lowest BCUT2D eigenvalue weighted by molar-refractivity contribution is 0.674. The van der Waals surface area contributed by atoms with Gasteiger partial charge in [-0.2, -0.15) is 5.10 Å². The summed E-state index contributed by atoms with van der Waals surface area (Å²) in [6, 6.07) is 8.43. The maximum absolute atomic E-state index is 4.09.